The van der Waals surface area contributed by atoms with E-state index in [1.807, 2.05) is 53.1 Å². The number of amides is 2. The van der Waals surface area contributed by atoms with Crippen molar-refractivity contribution in [1.82, 2.24) is 19.1 Å². The highest BCUT2D eigenvalue weighted by molar-refractivity contribution is 7.98. The fraction of sp³-hybridized carbons (Fsp3) is 0.158. The number of hydrogen-bond acceptors (Lipinski definition) is 5. The third-order valence-corrected chi connectivity index (χ3v) is 5.28. The summed E-state index contributed by atoms with van der Waals surface area (Å²) >= 11 is 1.43. The van der Waals surface area contributed by atoms with Gasteiger partial charge >= 0.3 is 0 Å². The van der Waals surface area contributed by atoms with Crippen LogP contribution in [0.25, 0.3) is 22.1 Å². The largest absolute Gasteiger partial charge is 0.368 e. The number of carbonyl (C=O) groups is 2. The minimum atomic E-state index is -0.439. The molecule has 4 rings (SSSR count). The summed E-state index contributed by atoms with van der Waals surface area (Å²) in [6.07, 6.45) is 0. The predicted molar refractivity (Wildman–Crippen MR) is 107 cm³/mol. The van der Waals surface area contributed by atoms with E-state index in [1.54, 1.807) is 4.57 Å². The van der Waals surface area contributed by atoms with Crippen LogP contribution < -0.4 is 11.5 Å². The van der Waals surface area contributed by atoms with Crippen molar-refractivity contribution in [1.29, 1.82) is 0 Å². The van der Waals surface area contributed by atoms with Crippen molar-refractivity contribution in [3.8, 4) is 0 Å². The molecule has 2 amide bonds. The molecule has 0 saturated carbocycles. The maximum Gasteiger partial charge on any atom is 0.237 e. The molecule has 0 fully saturated rings. The van der Waals surface area contributed by atoms with Gasteiger partial charge in [0.2, 0.25) is 11.8 Å². The van der Waals surface area contributed by atoms with Gasteiger partial charge in [-0.1, -0.05) is 36.0 Å². The molecule has 142 valence electrons. The number of rotatable bonds is 7. The molecule has 0 spiro atoms. The van der Waals surface area contributed by atoms with E-state index >= 15 is 0 Å². The van der Waals surface area contributed by atoms with Crippen molar-refractivity contribution in [3.05, 3.63) is 54.4 Å². The first kappa shape index (κ1) is 18.1. The number of nitrogens with zero attached hydrogens (tertiary/aromatic N) is 4. The number of fused-ring (bicyclic) bond motifs is 2. The average molecular weight is 394 g/mol. The minimum absolute atomic E-state index is 0.0422. The van der Waals surface area contributed by atoms with Gasteiger partial charge in [-0.15, -0.1) is 0 Å². The molecule has 0 unspecified atom stereocenters. The second-order valence-corrected chi connectivity index (χ2v) is 7.24. The van der Waals surface area contributed by atoms with Crippen molar-refractivity contribution in [2.45, 2.75) is 24.0 Å². The van der Waals surface area contributed by atoms with Gasteiger partial charge in [0.25, 0.3) is 0 Å². The Morgan fingerprint density at radius 1 is 0.821 bits per heavy atom. The maximum atomic E-state index is 11.5. The van der Waals surface area contributed by atoms with Crippen LogP contribution in [0.2, 0.25) is 0 Å². The van der Waals surface area contributed by atoms with Crippen LogP contribution >= 0.6 is 11.8 Å². The van der Waals surface area contributed by atoms with Gasteiger partial charge < -0.3 is 20.6 Å². The average Bonchev–Trinajstić information content (AvgIpc) is 3.18. The summed E-state index contributed by atoms with van der Waals surface area (Å²) in [4.78, 5) is 32.3. The molecule has 9 heteroatoms. The topological polar surface area (TPSA) is 122 Å². The molecule has 2 aromatic heterocycles. The third-order valence-electron chi connectivity index (χ3n) is 4.31. The number of benzene rings is 2. The summed E-state index contributed by atoms with van der Waals surface area (Å²) in [5.41, 5.74) is 14.1. The Morgan fingerprint density at radius 3 is 2.00 bits per heavy atom. The molecule has 0 aliphatic rings. The Morgan fingerprint density at radius 2 is 1.36 bits per heavy atom. The molecule has 0 aliphatic carbocycles. The van der Waals surface area contributed by atoms with E-state index in [9.17, 15) is 9.59 Å². The molecule has 4 aromatic rings. The third kappa shape index (κ3) is 3.44. The second-order valence-electron chi connectivity index (χ2n) is 6.29. The van der Waals surface area contributed by atoms with Crippen LogP contribution in [-0.2, 0) is 28.4 Å². The van der Waals surface area contributed by atoms with Crippen LogP contribution in [0.15, 0.2) is 53.7 Å². The Hall–Kier alpha value is -3.33. The molecule has 8 nitrogen and oxygen atoms in total. The highest BCUT2D eigenvalue weighted by atomic mass is 32.2. The van der Waals surface area contributed by atoms with Crippen LogP contribution in [0.3, 0.4) is 0 Å². The molecule has 0 bridgehead atoms. The first-order valence-electron chi connectivity index (χ1n) is 8.62. The Kier molecular flexibility index (Phi) is 4.74. The number of nitrogens with two attached hydrogens (primary N) is 2. The normalized spacial score (nSPS) is 11.3. The summed E-state index contributed by atoms with van der Waals surface area (Å²) in [6, 6.07) is 15.2. The van der Waals surface area contributed by atoms with Crippen molar-refractivity contribution in [3.63, 3.8) is 0 Å². The van der Waals surface area contributed by atoms with E-state index in [4.69, 9.17) is 11.5 Å². The fourth-order valence-corrected chi connectivity index (χ4v) is 4.13. The van der Waals surface area contributed by atoms with Gasteiger partial charge in [-0.05, 0) is 24.3 Å². The smallest absolute Gasteiger partial charge is 0.237 e. The van der Waals surface area contributed by atoms with Gasteiger partial charge in [-0.3, -0.25) is 9.59 Å². The lowest BCUT2D eigenvalue weighted by molar-refractivity contribution is -0.119. The molecule has 0 aliphatic heterocycles. The van der Waals surface area contributed by atoms with Gasteiger partial charge in [0, 0.05) is 0 Å². The van der Waals surface area contributed by atoms with E-state index in [1.165, 1.54) is 11.8 Å². The van der Waals surface area contributed by atoms with Gasteiger partial charge in [-0.2, -0.15) is 0 Å². The van der Waals surface area contributed by atoms with Crippen LogP contribution in [0.1, 0.15) is 5.82 Å². The van der Waals surface area contributed by atoms with Crippen molar-refractivity contribution in [2.75, 3.05) is 0 Å². The number of thioether (sulfide) groups is 1. The Balaban J connectivity index is 1.70. The van der Waals surface area contributed by atoms with E-state index in [2.05, 4.69) is 9.97 Å². The number of aromatic nitrogens is 4. The van der Waals surface area contributed by atoms with Crippen molar-refractivity contribution >= 4 is 45.6 Å². The lowest BCUT2D eigenvalue weighted by Crippen LogP contribution is -2.20. The van der Waals surface area contributed by atoms with E-state index in [0.717, 1.165) is 22.1 Å². The first-order chi connectivity index (χ1) is 13.5. The molecule has 2 aromatic carbocycles. The van der Waals surface area contributed by atoms with Crippen molar-refractivity contribution < 1.29 is 9.59 Å². The minimum Gasteiger partial charge on any atom is -0.368 e. The zero-order valence-corrected chi connectivity index (χ0v) is 15.7. The summed E-state index contributed by atoms with van der Waals surface area (Å²) in [5.74, 6) is 0.299. The Labute approximate surface area is 164 Å². The summed E-state index contributed by atoms with van der Waals surface area (Å²) in [7, 11) is 0. The van der Waals surface area contributed by atoms with E-state index in [-0.39, 0.29) is 13.1 Å². The van der Waals surface area contributed by atoms with Gasteiger partial charge in [-0.25, -0.2) is 9.97 Å². The molecular weight excluding hydrogens is 376 g/mol. The molecule has 2 heterocycles. The SMILES string of the molecule is NC(=O)Cn1c(CSc2nc3ccccc3n2CC(N)=O)nc2ccccc21. The van der Waals surface area contributed by atoms with Crippen LogP contribution in [0.5, 0.6) is 0 Å². The molecular formula is C19H18N6O2S. The first-order valence-corrected chi connectivity index (χ1v) is 9.60. The monoisotopic (exact) mass is 394 g/mol. The second kappa shape index (κ2) is 7.35. The van der Waals surface area contributed by atoms with Gasteiger partial charge in [0.15, 0.2) is 5.16 Å². The summed E-state index contributed by atoms with van der Waals surface area (Å²) in [5, 5.41) is 0.665. The number of imidazole rings is 2. The standard InChI is InChI=1S/C19H18N6O2S/c20-16(26)9-24-14-7-3-1-5-12(14)22-18(24)11-28-19-23-13-6-2-4-8-15(13)25(19)10-17(21)27/h1-8H,9-11H2,(H2,20,26)(H2,21,27). The Bertz CT molecular complexity index is 1100. The predicted octanol–water partition coefficient (Wildman–Crippen LogP) is 1.65. The maximum absolute atomic E-state index is 11.5. The highest BCUT2D eigenvalue weighted by Gasteiger charge is 2.16. The molecule has 0 saturated heterocycles. The zero-order chi connectivity index (χ0) is 19.7. The number of carbonyl (C=O) groups excluding carboxylic acids is 2. The molecule has 0 radical (unpaired) electrons. The fourth-order valence-electron chi connectivity index (χ4n) is 3.17. The number of hydrogen-bond donors (Lipinski definition) is 2. The van der Waals surface area contributed by atoms with Crippen LogP contribution in [-0.4, -0.2) is 30.9 Å². The molecule has 4 N–H and O–H groups in total. The summed E-state index contributed by atoms with van der Waals surface area (Å²) in [6.45, 7) is 0.0919. The van der Waals surface area contributed by atoms with Crippen molar-refractivity contribution in [2.24, 2.45) is 11.5 Å². The van der Waals surface area contributed by atoms with E-state index in [0.29, 0.717) is 16.7 Å². The lowest BCUT2D eigenvalue weighted by Gasteiger charge is -2.08. The quantitative estimate of drug-likeness (QED) is 0.462. The van der Waals surface area contributed by atoms with Gasteiger partial charge in [0.1, 0.15) is 18.9 Å². The van der Waals surface area contributed by atoms with Crippen LogP contribution in [0.4, 0.5) is 0 Å². The van der Waals surface area contributed by atoms with E-state index < -0.39 is 11.8 Å². The highest BCUT2D eigenvalue weighted by Crippen LogP contribution is 2.28. The molecule has 28 heavy (non-hydrogen) atoms. The molecule has 0 atom stereocenters. The van der Waals surface area contributed by atoms with Crippen LogP contribution in [0, 0.1) is 0 Å². The number of primary amides is 2. The zero-order valence-electron chi connectivity index (χ0n) is 14.9. The lowest BCUT2D eigenvalue weighted by atomic mass is 10.3. The summed E-state index contributed by atoms with van der Waals surface area (Å²) < 4.78 is 3.61. The number of para-hydroxylation sites is 4. The van der Waals surface area contributed by atoms with Gasteiger partial charge in [0.05, 0.1) is 27.8 Å².